The van der Waals surface area contributed by atoms with Gasteiger partial charge < -0.3 is 14.6 Å². The van der Waals surface area contributed by atoms with E-state index in [1.165, 1.54) is 13.3 Å². The van der Waals surface area contributed by atoms with Crippen LogP contribution in [0.3, 0.4) is 0 Å². The third kappa shape index (κ3) is 5.07. The lowest BCUT2D eigenvalue weighted by atomic mass is 10.1. The zero-order valence-electron chi connectivity index (χ0n) is 13.9. The quantitative estimate of drug-likeness (QED) is 0.594. The molecular weight excluding hydrogens is 324 g/mol. The van der Waals surface area contributed by atoms with Gasteiger partial charge in [0.1, 0.15) is 0 Å². The average Bonchev–Trinajstić information content (AvgIpc) is 2.60. The molecule has 130 valence electrons. The van der Waals surface area contributed by atoms with E-state index in [-0.39, 0.29) is 5.91 Å². The summed E-state index contributed by atoms with van der Waals surface area (Å²) >= 11 is 0. The fraction of sp³-hybridized carbons (Fsp3) is 0.167. The molecule has 25 heavy (non-hydrogen) atoms. The number of carboxylic acid groups (broad SMARTS) is 1. The van der Waals surface area contributed by atoms with Gasteiger partial charge in [0.2, 0.25) is 0 Å². The lowest BCUT2D eigenvalue weighted by Gasteiger charge is -2.09. The average molecular weight is 342 g/mol. The molecule has 0 aromatic heterocycles. The number of nitrogens with zero attached hydrogens (tertiary/aromatic N) is 1. The molecule has 0 saturated heterocycles. The zero-order chi connectivity index (χ0) is 18.2. The molecule has 0 aliphatic rings. The Morgan fingerprint density at radius 1 is 1.20 bits per heavy atom. The molecule has 1 amide bonds. The highest BCUT2D eigenvalue weighted by molar-refractivity contribution is 5.96. The number of carboxylic acids is 1. The van der Waals surface area contributed by atoms with Crippen LogP contribution in [0.5, 0.6) is 11.5 Å². The molecule has 0 radical (unpaired) electrons. The van der Waals surface area contributed by atoms with E-state index in [0.717, 1.165) is 5.56 Å². The molecule has 2 N–H and O–H groups in total. The summed E-state index contributed by atoms with van der Waals surface area (Å²) in [5.41, 5.74) is 4.53. The monoisotopic (exact) mass is 342 g/mol. The predicted molar refractivity (Wildman–Crippen MR) is 92.4 cm³/mol. The third-order valence-corrected chi connectivity index (χ3v) is 3.31. The van der Waals surface area contributed by atoms with E-state index in [1.807, 2.05) is 19.1 Å². The van der Waals surface area contributed by atoms with E-state index < -0.39 is 12.6 Å². The van der Waals surface area contributed by atoms with Crippen LogP contribution >= 0.6 is 0 Å². The second-order valence-electron chi connectivity index (χ2n) is 5.11. The molecule has 0 saturated carbocycles. The van der Waals surface area contributed by atoms with Crippen LogP contribution in [-0.4, -0.2) is 36.9 Å². The summed E-state index contributed by atoms with van der Waals surface area (Å²) in [6, 6.07) is 12.1. The van der Waals surface area contributed by atoms with E-state index in [1.54, 1.807) is 30.3 Å². The van der Waals surface area contributed by atoms with Crippen molar-refractivity contribution in [2.45, 2.75) is 6.92 Å². The van der Waals surface area contributed by atoms with Gasteiger partial charge in [-0.05, 0) is 42.3 Å². The van der Waals surface area contributed by atoms with Gasteiger partial charge in [-0.1, -0.05) is 18.2 Å². The van der Waals surface area contributed by atoms with Crippen LogP contribution in [-0.2, 0) is 4.79 Å². The molecule has 0 aliphatic carbocycles. The van der Waals surface area contributed by atoms with Gasteiger partial charge in [0.15, 0.2) is 18.1 Å². The Morgan fingerprint density at radius 3 is 2.64 bits per heavy atom. The summed E-state index contributed by atoms with van der Waals surface area (Å²) in [4.78, 5) is 22.6. The van der Waals surface area contributed by atoms with Gasteiger partial charge >= 0.3 is 5.97 Å². The molecule has 7 nitrogen and oxygen atoms in total. The number of aryl methyl sites for hydroxylation is 1. The van der Waals surface area contributed by atoms with Gasteiger partial charge in [0.25, 0.3) is 5.91 Å². The van der Waals surface area contributed by atoms with Crippen molar-refractivity contribution in [2.24, 2.45) is 5.10 Å². The summed E-state index contributed by atoms with van der Waals surface area (Å²) in [5, 5.41) is 12.6. The van der Waals surface area contributed by atoms with E-state index in [0.29, 0.717) is 22.6 Å². The molecule has 0 aliphatic heterocycles. The number of hydrogen-bond acceptors (Lipinski definition) is 5. The number of amides is 1. The molecule has 0 bridgehead atoms. The number of methoxy groups -OCH3 is 1. The van der Waals surface area contributed by atoms with E-state index in [4.69, 9.17) is 14.6 Å². The van der Waals surface area contributed by atoms with Gasteiger partial charge in [-0.25, -0.2) is 10.2 Å². The maximum absolute atomic E-state index is 12.1. The molecule has 7 heteroatoms. The first kappa shape index (κ1) is 18.0. The molecule has 0 unspecified atom stereocenters. The van der Waals surface area contributed by atoms with E-state index in [9.17, 15) is 9.59 Å². The first-order valence-electron chi connectivity index (χ1n) is 7.43. The standard InChI is InChI=1S/C18H18N2O5/c1-12-5-3-4-6-14(12)18(23)20-19-10-13-7-8-15(16(9-13)24-2)25-11-17(21)22/h3-10H,11H2,1-2H3,(H,20,23)(H,21,22)/b19-10+. The van der Waals surface area contributed by atoms with Crippen LogP contribution in [0.15, 0.2) is 47.6 Å². The van der Waals surface area contributed by atoms with Gasteiger partial charge in [-0.15, -0.1) is 0 Å². The molecule has 2 aromatic rings. The molecule has 0 spiro atoms. The first-order chi connectivity index (χ1) is 12.0. The van der Waals surface area contributed by atoms with Crippen LogP contribution < -0.4 is 14.9 Å². The topological polar surface area (TPSA) is 97.2 Å². The number of nitrogens with one attached hydrogen (secondary N) is 1. The smallest absolute Gasteiger partial charge is 0.341 e. The zero-order valence-corrected chi connectivity index (χ0v) is 13.9. The fourth-order valence-corrected chi connectivity index (χ4v) is 2.08. The second-order valence-corrected chi connectivity index (χ2v) is 5.11. The summed E-state index contributed by atoms with van der Waals surface area (Å²) < 4.78 is 10.3. The SMILES string of the molecule is COc1cc(/C=N/NC(=O)c2ccccc2C)ccc1OCC(=O)O. The Kier molecular flexibility index (Phi) is 6.11. The number of hydrogen-bond donors (Lipinski definition) is 2. The number of aliphatic carboxylic acids is 1. The minimum absolute atomic E-state index is 0.303. The number of hydrazone groups is 1. The molecule has 0 atom stereocenters. The van der Waals surface area contributed by atoms with Crippen molar-refractivity contribution in [3.05, 3.63) is 59.2 Å². The van der Waals surface area contributed by atoms with Crippen LogP contribution in [0.25, 0.3) is 0 Å². The Labute approximate surface area is 144 Å². The maximum Gasteiger partial charge on any atom is 0.341 e. The Bertz CT molecular complexity index is 802. The van der Waals surface area contributed by atoms with Crippen molar-refractivity contribution in [3.8, 4) is 11.5 Å². The number of rotatable bonds is 7. The molecule has 0 heterocycles. The van der Waals surface area contributed by atoms with Crippen molar-refractivity contribution in [1.82, 2.24) is 5.43 Å². The molecule has 0 fully saturated rings. The number of carbonyl (C=O) groups is 2. The summed E-state index contributed by atoms with van der Waals surface area (Å²) in [5.74, 6) is -0.698. The van der Waals surface area contributed by atoms with Crippen LogP contribution in [0, 0.1) is 6.92 Å². The molecular formula is C18H18N2O5. The number of ether oxygens (including phenoxy) is 2. The van der Waals surface area contributed by atoms with Crippen molar-refractivity contribution < 1.29 is 24.2 Å². The highest BCUT2D eigenvalue weighted by Crippen LogP contribution is 2.27. The van der Waals surface area contributed by atoms with Crippen molar-refractivity contribution in [3.63, 3.8) is 0 Å². The predicted octanol–water partition coefficient (Wildman–Crippen LogP) is 2.23. The lowest BCUT2D eigenvalue weighted by molar-refractivity contribution is -0.139. The Hall–Kier alpha value is -3.35. The van der Waals surface area contributed by atoms with Crippen molar-refractivity contribution >= 4 is 18.1 Å². The van der Waals surface area contributed by atoms with E-state index >= 15 is 0 Å². The third-order valence-electron chi connectivity index (χ3n) is 3.31. The number of carbonyl (C=O) groups excluding carboxylic acids is 1. The lowest BCUT2D eigenvalue weighted by Crippen LogP contribution is -2.18. The summed E-state index contributed by atoms with van der Waals surface area (Å²) in [6.07, 6.45) is 1.46. The van der Waals surface area contributed by atoms with Crippen LogP contribution in [0.2, 0.25) is 0 Å². The second kappa shape index (κ2) is 8.49. The van der Waals surface area contributed by atoms with Gasteiger partial charge in [0, 0.05) is 5.56 Å². The van der Waals surface area contributed by atoms with Gasteiger partial charge in [-0.3, -0.25) is 4.79 Å². The summed E-state index contributed by atoms with van der Waals surface area (Å²) in [6.45, 7) is 1.38. The van der Waals surface area contributed by atoms with Crippen molar-refractivity contribution in [2.75, 3.05) is 13.7 Å². The minimum atomic E-state index is -1.08. The van der Waals surface area contributed by atoms with Gasteiger partial charge in [0.05, 0.1) is 13.3 Å². The van der Waals surface area contributed by atoms with Crippen molar-refractivity contribution in [1.29, 1.82) is 0 Å². The maximum atomic E-state index is 12.1. The molecule has 2 aromatic carbocycles. The van der Waals surface area contributed by atoms with Crippen LogP contribution in [0.1, 0.15) is 21.5 Å². The Morgan fingerprint density at radius 2 is 1.96 bits per heavy atom. The minimum Gasteiger partial charge on any atom is -0.493 e. The van der Waals surface area contributed by atoms with E-state index in [2.05, 4.69) is 10.5 Å². The summed E-state index contributed by atoms with van der Waals surface area (Å²) in [7, 11) is 1.45. The normalized spacial score (nSPS) is 10.5. The fourth-order valence-electron chi connectivity index (χ4n) is 2.08. The number of benzene rings is 2. The highest BCUT2D eigenvalue weighted by atomic mass is 16.5. The largest absolute Gasteiger partial charge is 0.493 e. The highest BCUT2D eigenvalue weighted by Gasteiger charge is 2.08. The van der Waals surface area contributed by atoms with Crippen LogP contribution in [0.4, 0.5) is 0 Å². The van der Waals surface area contributed by atoms with Gasteiger partial charge in [-0.2, -0.15) is 5.10 Å². The first-order valence-corrected chi connectivity index (χ1v) is 7.43. The molecule has 2 rings (SSSR count). The Balaban J connectivity index is 2.04.